The van der Waals surface area contributed by atoms with Gasteiger partial charge in [-0.2, -0.15) is 0 Å². The molecular weight excluding hydrogens is 236 g/mol. The monoisotopic (exact) mass is 264 g/mol. The lowest BCUT2D eigenvalue weighted by atomic mass is 9.99. The maximum Gasteiger partial charge on any atom is 0.196 e. The Morgan fingerprint density at radius 3 is 2.11 bits per heavy atom. The van der Waals surface area contributed by atoms with Crippen molar-refractivity contribution in [3.8, 4) is 5.75 Å². The van der Waals surface area contributed by atoms with E-state index in [1.807, 2.05) is 19.1 Å². The molecular formula is C17H28O2. The molecule has 0 aromatic heterocycles. The average molecular weight is 264 g/mol. The fourth-order valence-electron chi connectivity index (χ4n) is 1.70. The first-order valence-corrected chi connectivity index (χ1v) is 7.20. The Balaban J connectivity index is 2.49. The number of ether oxygens (including phenoxy) is 2. The Morgan fingerprint density at radius 2 is 1.63 bits per heavy atom. The molecule has 0 aliphatic rings. The predicted octanol–water partition coefficient (Wildman–Crippen LogP) is 4.99. The van der Waals surface area contributed by atoms with Crippen molar-refractivity contribution in [1.29, 1.82) is 0 Å². The molecule has 2 atom stereocenters. The van der Waals surface area contributed by atoms with Gasteiger partial charge in [-0.15, -0.1) is 0 Å². The van der Waals surface area contributed by atoms with Crippen LogP contribution in [-0.2, 0) is 4.74 Å². The summed E-state index contributed by atoms with van der Waals surface area (Å²) in [5, 5.41) is 0. The summed E-state index contributed by atoms with van der Waals surface area (Å²) in [4.78, 5) is 0. The maximum atomic E-state index is 5.76. The molecule has 2 heteroatoms. The Morgan fingerprint density at radius 1 is 1.05 bits per heavy atom. The molecule has 0 spiro atoms. The van der Waals surface area contributed by atoms with Gasteiger partial charge in [0.05, 0.1) is 6.61 Å². The quantitative estimate of drug-likeness (QED) is 0.674. The van der Waals surface area contributed by atoms with Gasteiger partial charge in [-0.05, 0) is 42.4 Å². The second-order valence-corrected chi connectivity index (χ2v) is 6.44. The van der Waals surface area contributed by atoms with Crippen LogP contribution in [0.5, 0.6) is 5.75 Å². The van der Waals surface area contributed by atoms with Crippen LogP contribution in [0.3, 0.4) is 0 Å². The molecule has 0 saturated heterocycles. The minimum absolute atomic E-state index is 0.165. The van der Waals surface area contributed by atoms with E-state index in [9.17, 15) is 0 Å². The maximum absolute atomic E-state index is 5.76. The van der Waals surface area contributed by atoms with E-state index in [-0.39, 0.29) is 11.7 Å². The van der Waals surface area contributed by atoms with Gasteiger partial charge in [0.15, 0.2) is 6.29 Å². The van der Waals surface area contributed by atoms with Crippen molar-refractivity contribution in [3.05, 3.63) is 29.8 Å². The molecule has 1 rings (SSSR count). The van der Waals surface area contributed by atoms with E-state index in [0.29, 0.717) is 12.5 Å². The minimum Gasteiger partial charge on any atom is -0.465 e. The van der Waals surface area contributed by atoms with Crippen molar-refractivity contribution in [3.63, 3.8) is 0 Å². The predicted molar refractivity (Wildman–Crippen MR) is 80.6 cm³/mol. The Kier molecular flexibility index (Phi) is 5.86. The topological polar surface area (TPSA) is 18.5 Å². The molecule has 19 heavy (non-hydrogen) atoms. The molecule has 1 aromatic rings. The van der Waals surface area contributed by atoms with Crippen LogP contribution in [0.1, 0.15) is 59.4 Å². The van der Waals surface area contributed by atoms with Crippen LogP contribution in [0.4, 0.5) is 0 Å². The summed E-state index contributed by atoms with van der Waals surface area (Å²) in [7, 11) is 0. The lowest BCUT2D eigenvalue weighted by molar-refractivity contribution is -0.0894. The van der Waals surface area contributed by atoms with Gasteiger partial charge in [0, 0.05) is 0 Å². The molecule has 0 fully saturated rings. The lowest BCUT2D eigenvalue weighted by Crippen LogP contribution is -2.23. The summed E-state index contributed by atoms with van der Waals surface area (Å²) < 4.78 is 11.4. The second-order valence-electron chi connectivity index (χ2n) is 6.44. The van der Waals surface area contributed by atoms with Crippen LogP contribution in [0, 0.1) is 5.41 Å². The number of hydrogen-bond donors (Lipinski definition) is 0. The largest absolute Gasteiger partial charge is 0.465 e. The first kappa shape index (κ1) is 16.0. The molecule has 2 nitrogen and oxygen atoms in total. The molecule has 0 saturated carbocycles. The fraction of sp³-hybridized carbons (Fsp3) is 0.647. The summed E-state index contributed by atoms with van der Waals surface area (Å²) in [5.74, 6) is 1.47. The number of hydrogen-bond acceptors (Lipinski definition) is 2. The van der Waals surface area contributed by atoms with Gasteiger partial charge in [-0.1, -0.05) is 46.8 Å². The van der Waals surface area contributed by atoms with Crippen molar-refractivity contribution in [2.24, 2.45) is 5.41 Å². The Bertz CT molecular complexity index is 362. The van der Waals surface area contributed by atoms with E-state index < -0.39 is 0 Å². The Hall–Kier alpha value is -1.02. The van der Waals surface area contributed by atoms with Crippen molar-refractivity contribution < 1.29 is 9.47 Å². The van der Waals surface area contributed by atoms with Crippen LogP contribution in [0.2, 0.25) is 0 Å². The van der Waals surface area contributed by atoms with Crippen molar-refractivity contribution in [2.45, 2.75) is 60.2 Å². The lowest BCUT2D eigenvalue weighted by Gasteiger charge is -2.22. The molecule has 2 unspecified atom stereocenters. The van der Waals surface area contributed by atoms with E-state index in [1.54, 1.807) is 0 Å². The second kappa shape index (κ2) is 6.95. The molecule has 0 radical (unpaired) electrons. The van der Waals surface area contributed by atoms with E-state index in [2.05, 4.69) is 46.8 Å². The van der Waals surface area contributed by atoms with Crippen LogP contribution in [0.25, 0.3) is 0 Å². The van der Waals surface area contributed by atoms with Crippen LogP contribution < -0.4 is 4.74 Å². The number of rotatable bonds is 6. The zero-order valence-corrected chi connectivity index (χ0v) is 13.2. The fourth-order valence-corrected chi connectivity index (χ4v) is 1.70. The van der Waals surface area contributed by atoms with E-state index in [1.165, 1.54) is 5.56 Å². The minimum atomic E-state index is -0.214. The van der Waals surface area contributed by atoms with Gasteiger partial charge in [-0.3, -0.25) is 0 Å². The SMILES string of the molecule is CCC(C)c1ccc(OC(C)OCC(C)(C)C)cc1. The molecule has 0 N–H and O–H groups in total. The zero-order chi connectivity index (χ0) is 14.5. The Labute approximate surface area is 118 Å². The van der Waals surface area contributed by atoms with Gasteiger partial charge in [0.2, 0.25) is 0 Å². The zero-order valence-electron chi connectivity index (χ0n) is 13.2. The third-order valence-corrected chi connectivity index (χ3v) is 3.11. The molecule has 0 aliphatic carbocycles. The van der Waals surface area contributed by atoms with Crippen LogP contribution in [-0.4, -0.2) is 12.9 Å². The summed E-state index contributed by atoms with van der Waals surface area (Å²) in [6.45, 7) is 13.5. The highest BCUT2D eigenvalue weighted by Gasteiger charge is 2.13. The first-order valence-electron chi connectivity index (χ1n) is 7.20. The smallest absolute Gasteiger partial charge is 0.196 e. The van der Waals surface area contributed by atoms with Crippen LogP contribution in [0.15, 0.2) is 24.3 Å². The molecule has 0 bridgehead atoms. The standard InChI is InChI=1S/C17H28O2/c1-7-13(2)15-8-10-16(11-9-15)19-14(3)18-12-17(4,5)6/h8-11,13-14H,7,12H2,1-6H3. The first-order chi connectivity index (χ1) is 8.81. The summed E-state index contributed by atoms with van der Waals surface area (Å²) in [5.41, 5.74) is 1.52. The highest BCUT2D eigenvalue weighted by Crippen LogP contribution is 2.22. The molecule has 0 amide bonds. The van der Waals surface area contributed by atoms with Gasteiger partial charge in [-0.25, -0.2) is 0 Å². The highest BCUT2D eigenvalue weighted by atomic mass is 16.7. The van der Waals surface area contributed by atoms with Crippen LogP contribution >= 0.6 is 0 Å². The number of benzene rings is 1. The molecule has 0 heterocycles. The van der Waals surface area contributed by atoms with E-state index in [4.69, 9.17) is 9.47 Å². The van der Waals surface area contributed by atoms with Gasteiger partial charge < -0.3 is 9.47 Å². The summed E-state index contributed by atoms with van der Waals surface area (Å²) in [6, 6.07) is 8.33. The highest BCUT2D eigenvalue weighted by molar-refractivity contribution is 5.29. The summed E-state index contributed by atoms with van der Waals surface area (Å²) >= 11 is 0. The molecule has 0 aliphatic heterocycles. The normalized spacial score (nSPS) is 15.1. The third-order valence-electron chi connectivity index (χ3n) is 3.11. The molecule has 108 valence electrons. The van der Waals surface area contributed by atoms with Crippen molar-refractivity contribution >= 4 is 0 Å². The molecule has 1 aromatic carbocycles. The third kappa shape index (κ3) is 6.11. The van der Waals surface area contributed by atoms with Gasteiger partial charge >= 0.3 is 0 Å². The van der Waals surface area contributed by atoms with Gasteiger partial charge in [0.25, 0.3) is 0 Å². The average Bonchev–Trinajstić information content (AvgIpc) is 2.35. The van der Waals surface area contributed by atoms with E-state index in [0.717, 1.165) is 12.2 Å². The van der Waals surface area contributed by atoms with Gasteiger partial charge in [0.1, 0.15) is 5.75 Å². The van der Waals surface area contributed by atoms with E-state index >= 15 is 0 Å². The van der Waals surface area contributed by atoms with Crippen molar-refractivity contribution in [2.75, 3.05) is 6.61 Å². The summed E-state index contributed by atoms with van der Waals surface area (Å²) in [6.07, 6.45) is 0.944. The van der Waals surface area contributed by atoms with Crippen molar-refractivity contribution in [1.82, 2.24) is 0 Å².